The highest BCUT2D eigenvalue weighted by Gasteiger charge is 2.33. The first kappa shape index (κ1) is 21.7. The van der Waals surface area contributed by atoms with Crippen LogP contribution in [0.2, 0.25) is 0 Å². The summed E-state index contributed by atoms with van der Waals surface area (Å²) in [7, 11) is 0. The Morgan fingerprint density at radius 3 is 2.52 bits per heavy atom. The molecule has 3 heterocycles. The zero-order valence-corrected chi connectivity index (χ0v) is 20.4. The van der Waals surface area contributed by atoms with Gasteiger partial charge in [0.15, 0.2) is 0 Å². The van der Waals surface area contributed by atoms with Crippen molar-refractivity contribution in [3.05, 3.63) is 94.3 Å². The molecule has 1 atom stereocenters. The first-order valence-corrected chi connectivity index (χ1v) is 12.4. The molecule has 0 aliphatic carbocycles. The highest BCUT2D eigenvalue weighted by molar-refractivity contribution is 7.14. The fourth-order valence-corrected chi connectivity index (χ4v) is 5.10. The molecule has 0 bridgehead atoms. The SMILES string of the molecule is Cc1ccc(-c2csc(N3N=C(c4ccc(CC(C)C)cc4)CC3c3ccco3)n2)cc1C. The van der Waals surface area contributed by atoms with Gasteiger partial charge in [0.2, 0.25) is 5.13 Å². The predicted molar refractivity (Wildman–Crippen MR) is 137 cm³/mol. The van der Waals surface area contributed by atoms with E-state index in [4.69, 9.17) is 14.5 Å². The van der Waals surface area contributed by atoms with Gasteiger partial charge in [-0.15, -0.1) is 11.3 Å². The van der Waals surface area contributed by atoms with Crippen LogP contribution in [0.15, 0.2) is 75.8 Å². The summed E-state index contributed by atoms with van der Waals surface area (Å²) >= 11 is 1.63. The molecule has 2 aromatic carbocycles. The largest absolute Gasteiger partial charge is 0.467 e. The van der Waals surface area contributed by atoms with Crippen LogP contribution in [-0.2, 0) is 6.42 Å². The fraction of sp³-hybridized carbons (Fsp3) is 0.286. The molecule has 0 saturated carbocycles. The van der Waals surface area contributed by atoms with Gasteiger partial charge in [0.05, 0.1) is 17.7 Å². The number of benzene rings is 2. The van der Waals surface area contributed by atoms with Crippen molar-refractivity contribution in [2.24, 2.45) is 11.0 Å². The number of rotatable bonds is 6. The third kappa shape index (κ3) is 4.51. The first-order valence-electron chi connectivity index (χ1n) is 11.5. The quantitative estimate of drug-likeness (QED) is 0.301. The molecule has 1 unspecified atom stereocenters. The molecule has 2 aromatic heterocycles. The van der Waals surface area contributed by atoms with Crippen LogP contribution < -0.4 is 5.01 Å². The van der Waals surface area contributed by atoms with E-state index in [0.29, 0.717) is 5.92 Å². The molecule has 0 radical (unpaired) electrons. The van der Waals surface area contributed by atoms with Gasteiger partial charge in [-0.3, -0.25) is 0 Å². The van der Waals surface area contributed by atoms with Crippen molar-refractivity contribution >= 4 is 22.2 Å². The number of furan rings is 1. The summed E-state index contributed by atoms with van der Waals surface area (Å²) in [5, 5.41) is 10.1. The second-order valence-electron chi connectivity index (χ2n) is 9.24. The second kappa shape index (κ2) is 8.99. The molecule has 33 heavy (non-hydrogen) atoms. The van der Waals surface area contributed by atoms with Crippen molar-refractivity contribution in [1.29, 1.82) is 0 Å². The Kier molecular flexibility index (Phi) is 5.90. The second-order valence-corrected chi connectivity index (χ2v) is 10.1. The number of aromatic nitrogens is 1. The van der Waals surface area contributed by atoms with E-state index in [9.17, 15) is 0 Å². The number of aryl methyl sites for hydroxylation is 2. The van der Waals surface area contributed by atoms with Crippen LogP contribution in [0.3, 0.4) is 0 Å². The van der Waals surface area contributed by atoms with Gasteiger partial charge in [0.1, 0.15) is 11.8 Å². The molecule has 0 saturated heterocycles. The van der Waals surface area contributed by atoms with Crippen LogP contribution in [0.4, 0.5) is 5.13 Å². The first-order chi connectivity index (χ1) is 16.0. The Bertz CT molecular complexity index is 1270. The van der Waals surface area contributed by atoms with E-state index in [1.54, 1.807) is 17.6 Å². The summed E-state index contributed by atoms with van der Waals surface area (Å²) in [4.78, 5) is 4.96. The summed E-state index contributed by atoms with van der Waals surface area (Å²) in [6.07, 6.45) is 3.61. The number of nitrogens with zero attached hydrogens (tertiary/aromatic N) is 3. The van der Waals surface area contributed by atoms with Crippen LogP contribution in [0.5, 0.6) is 0 Å². The smallest absolute Gasteiger partial charge is 0.207 e. The molecule has 4 nitrogen and oxygen atoms in total. The van der Waals surface area contributed by atoms with Crippen molar-refractivity contribution in [2.45, 2.75) is 46.6 Å². The van der Waals surface area contributed by atoms with Crippen LogP contribution in [0.25, 0.3) is 11.3 Å². The van der Waals surface area contributed by atoms with E-state index in [0.717, 1.165) is 46.3 Å². The molecular formula is C28H29N3OS. The summed E-state index contributed by atoms with van der Waals surface area (Å²) in [5.74, 6) is 1.56. The topological polar surface area (TPSA) is 41.6 Å². The molecule has 1 aliphatic heterocycles. The molecular weight excluding hydrogens is 426 g/mol. The number of hydrogen-bond donors (Lipinski definition) is 0. The van der Waals surface area contributed by atoms with E-state index < -0.39 is 0 Å². The third-order valence-electron chi connectivity index (χ3n) is 6.20. The van der Waals surface area contributed by atoms with Gasteiger partial charge in [-0.2, -0.15) is 5.10 Å². The van der Waals surface area contributed by atoms with E-state index in [2.05, 4.69) is 75.5 Å². The van der Waals surface area contributed by atoms with Crippen molar-refractivity contribution in [2.75, 3.05) is 5.01 Å². The number of anilines is 1. The summed E-state index contributed by atoms with van der Waals surface area (Å²) in [5.41, 5.74) is 8.28. The molecule has 5 heteroatoms. The Balaban J connectivity index is 1.47. The van der Waals surface area contributed by atoms with Crippen molar-refractivity contribution < 1.29 is 4.42 Å². The maximum atomic E-state index is 5.80. The number of hydrazone groups is 1. The fourth-order valence-electron chi connectivity index (χ4n) is 4.27. The van der Waals surface area contributed by atoms with E-state index in [1.165, 1.54) is 16.7 Å². The average Bonchev–Trinajstić information content (AvgIpc) is 3.55. The van der Waals surface area contributed by atoms with E-state index in [-0.39, 0.29) is 6.04 Å². The lowest BCUT2D eigenvalue weighted by Crippen LogP contribution is -2.17. The van der Waals surface area contributed by atoms with Crippen LogP contribution in [0, 0.1) is 19.8 Å². The van der Waals surface area contributed by atoms with Gasteiger partial charge in [-0.05, 0) is 66.6 Å². The van der Waals surface area contributed by atoms with Crippen molar-refractivity contribution in [3.8, 4) is 11.3 Å². The zero-order chi connectivity index (χ0) is 22.9. The van der Waals surface area contributed by atoms with Crippen LogP contribution in [-0.4, -0.2) is 10.7 Å². The van der Waals surface area contributed by atoms with Crippen LogP contribution >= 0.6 is 11.3 Å². The minimum absolute atomic E-state index is 0.00379. The molecule has 4 aromatic rings. The van der Waals surface area contributed by atoms with Gasteiger partial charge in [0.25, 0.3) is 0 Å². The zero-order valence-electron chi connectivity index (χ0n) is 19.6. The molecule has 0 fully saturated rings. The molecule has 0 amide bonds. The standard InChI is InChI=1S/C28H29N3OS/c1-18(2)14-21-8-11-22(12-9-21)24-16-26(27-6-5-13-32-27)31(30-24)28-29-25(17-33-28)23-10-7-19(3)20(4)15-23/h5-13,15,17-18,26H,14,16H2,1-4H3. The maximum Gasteiger partial charge on any atom is 0.207 e. The van der Waals surface area contributed by atoms with Gasteiger partial charge >= 0.3 is 0 Å². The van der Waals surface area contributed by atoms with Crippen molar-refractivity contribution in [3.63, 3.8) is 0 Å². The number of thiazole rings is 1. The Labute approximate surface area is 199 Å². The van der Waals surface area contributed by atoms with E-state index in [1.807, 2.05) is 17.1 Å². The molecule has 5 rings (SSSR count). The predicted octanol–water partition coefficient (Wildman–Crippen LogP) is 7.57. The number of hydrogen-bond acceptors (Lipinski definition) is 5. The average molecular weight is 456 g/mol. The minimum atomic E-state index is 0.00379. The lowest BCUT2D eigenvalue weighted by atomic mass is 9.98. The van der Waals surface area contributed by atoms with Gasteiger partial charge < -0.3 is 4.42 Å². The Morgan fingerprint density at radius 2 is 1.82 bits per heavy atom. The Hall–Kier alpha value is -3.18. The lowest BCUT2D eigenvalue weighted by molar-refractivity contribution is 0.465. The van der Waals surface area contributed by atoms with E-state index >= 15 is 0 Å². The summed E-state index contributed by atoms with van der Waals surface area (Å²) in [6.45, 7) is 8.78. The maximum absolute atomic E-state index is 5.80. The third-order valence-corrected chi connectivity index (χ3v) is 7.03. The highest BCUT2D eigenvalue weighted by atomic mass is 32.1. The summed E-state index contributed by atoms with van der Waals surface area (Å²) < 4.78 is 5.80. The van der Waals surface area contributed by atoms with Crippen LogP contribution in [0.1, 0.15) is 54.3 Å². The highest BCUT2D eigenvalue weighted by Crippen LogP contribution is 2.39. The molecule has 168 valence electrons. The van der Waals surface area contributed by atoms with Gasteiger partial charge in [-0.25, -0.2) is 9.99 Å². The Morgan fingerprint density at radius 1 is 1.03 bits per heavy atom. The summed E-state index contributed by atoms with van der Waals surface area (Å²) in [6, 6.07) is 19.3. The van der Waals surface area contributed by atoms with Crippen molar-refractivity contribution in [1.82, 2.24) is 4.98 Å². The molecule has 1 aliphatic rings. The monoisotopic (exact) mass is 455 g/mol. The van der Waals surface area contributed by atoms with Gasteiger partial charge in [-0.1, -0.05) is 50.2 Å². The lowest BCUT2D eigenvalue weighted by Gasteiger charge is -2.18. The molecule has 0 spiro atoms. The van der Waals surface area contributed by atoms with Gasteiger partial charge in [0, 0.05) is 17.4 Å². The normalized spacial score (nSPS) is 16.0. The minimum Gasteiger partial charge on any atom is -0.467 e. The molecule has 0 N–H and O–H groups in total.